The van der Waals surface area contributed by atoms with Crippen LogP contribution in [0.4, 0.5) is 17.3 Å². The first-order valence-electron chi connectivity index (χ1n) is 8.31. The standard InChI is InChI=1S/C18H22N4O3/c1-2-14-18(23)22(17-15(25-14)8-9-16(20)21-17)10-3-11-24-13-6-4-12(19)5-7-13/h4-9,14H,2-3,10-11,19H2,1H3,(H2,20,21). The number of amides is 1. The van der Waals surface area contributed by atoms with E-state index in [1.807, 2.05) is 19.1 Å². The van der Waals surface area contributed by atoms with Crippen molar-refractivity contribution >= 4 is 23.2 Å². The van der Waals surface area contributed by atoms with Crippen molar-refractivity contribution in [1.82, 2.24) is 4.98 Å². The SMILES string of the molecule is CCC1Oc2ccc(N)nc2N(CCCOc2ccc(N)cc2)C1=O. The van der Waals surface area contributed by atoms with Crippen molar-refractivity contribution < 1.29 is 14.3 Å². The van der Waals surface area contributed by atoms with Gasteiger partial charge in [-0.15, -0.1) is 0 Å². The van der Waals surface area contributed by atoms with Gasteiger partial charge in [0.05, 0.1) is 6.61 Å². The average molecular weight is 342 g/mol. The van der Waals surface area contributed by atoms with Crippen molar-refractivity contribution in [3.63, 3.8) is 0 Å². The number of carbonyl (C=O) groups excluding carboxylic acids is 1. The number of hydrogen-bond acceptors (Lipinski definition) is 6. The molecule has 0 spiro atoms. The summed E-state index contributed by atoms with van der Waals surface area (Å²) in [5, 5.41) is 0. The molecule has 0 bridgehead atoms. The van der Waals surface area contributed by atoms with Crippen molar-refractivity contribution in [1.29, 1.82) is 0 Å². The molecule has 0 fully saturated rings. The average Bonchev–Trinajstić information content (AvgIpc) is 2.61. The second kappa shape index (κ2) is 7.29. The molecule has 3 rings (SSSR count). The van der Waals surface area contributed by atoms with Gasteiger partial charge in [0.15, 0.2) is 17.7 Å². The van der Waals surface area contributed by atoms with E-state index < -0.39 is 6.10 Å². The fourth-order valence-electron chi connectivity index (χ4n) is 2.67. The molecule has 1 unspecified atom stereocenters. The minimum atomic E-state index is -0.490. The van der Waals surface area contributed by atoms with Gasteiger partial charge in [0, 0.05) is 12.2 Å². The second-order valence-corrected chi connectivity index (χ2v) is 5.83. The highest BCUT2D eigenvalue weighted by atomic mass is 16.5. The lowest BCUT2D eigenvalue weighted by Crippen LogP contribution is -2.46. The van der Waals surface area contributed by atoms with E-state index in [-0.39, 0.29) is 5.91 Å². The summed E-state index contributed by atoms with van der Waals surface area (Å²) >= 11 is 0. The van der Waals surface area contributed by atoms with Crippen LogP contribution < -0.4 is 25.8 Å². The molecule has 0 radical (unpaired) electrons. The molecule has 1 atom stereocenters. The van der Waals surface area contributed by atoms with E-state index in [1.54, 1.807) is 29.2 Å². The third-order valence-electron chi connectivity index (χ3n) is 3.97. The van der Waals surface area contributed by atoms with Gasteiger partial charge < -0.3 is 20.9 Å². The smallest absolute Gasteiger partial charge is 0.269 e. The van der Waals surface area contributed by atoms with Crippen molar-refractivity contribution in [2.45, 2.75) is 25.9 Å². The minimum absolute atomic E-state index is 0.0967. The van der Waals surface area contributed by atoms with E-state index in [0.29, 0.717) is 49.1 Å². The van der Waals surface area contributed by atoms with E-state index in [9.17, 15) is 4.79 Å². The molecule has 1 amide bonds. The van der Waals surface area contributed by atoms with Gasteiger partial charge in [0.2, 0.25) is 0 Å². The fourth-order valence-corrected chi connectivity index (χ4v) is 2.67. The molecule has 0 saturated heterocycles. The second-order valence-electron chi connectivity index (χ2n) is 5.83. The zero-order valence-corrected chi connectivity index (χ0v) is 14.1. The van der Waals surface area contributed by atoms with Gasteiger partial charge in [0.25, 0.3) is 5.91 Å². The quantitative estimate of drug-likeness (QED) is 0.616. The van der Waals surface area contributed by atoms with Crippen LogP contribution in [-0.4, -0.2) is 30.1 Å². The third-order valence-corrected chi connectivity index (χ3v) is 3.97. The highest BCUT2D eigenvalue weighted by Crippen LogP contribution is 2.33. The Morgan fingerprint density at radius 2 is 1.96 bits per heavy atom. The van der Waals surface area contributed by atoms with Crippen LogP contribution >= 0.6 is 0 Å². The number of nitrogens with zero attached hydrogens (tertiary/aromatic N) is 2. The van der Waals surface area contributed by atoms with Gasteiger partial charge in [-0.3, -0.25) is 9.69 Å². The molecule has 1 aliphatic rings. The molecule has 1 aromatic carbocycles. The number of benzene rings is 1. The van der Waals surface area contributed by atoms with E-state index in [2.05, 4.69) is 4.98 Å². The first-order chi connectivity index (χ1) is 12.1. The van der Waals surface area contributed by atoms with Crippen LogP contribution in [0.1, 0.15) is 19.8 Å². The zero-order valence-electron chi connectivity index (χ0n) is 14.1. The van der Waals surface area contributed by atoms with Crippen LogP contribution in [0.25, 0.3) is 0 Å². The molecule has 0 saturated carbocycles. The first-order valence-corrected chi connectivity index (χ1v) is 8.31. The zero-order chi connectivity index (χ0) is 17.8. The van der Waals surface area contributed by atoms with Crippen molar-refractivity contribution in [3.05, 3.63) is 36.4 Å². The number of nitrogen functional groups attached to an aromatic ring is 2. The molecule has 25 heavy (non-hydrogen) atoms. The molecular weight excluding hydrogens is 320 g/mol. The summed E-state index contributed by atoms with van der Waals surface area (Å²) in [4.78, 5) is 18.5. The Labute approximate surface area is 146 Å². The van der Waals surface area contributed by atoms with Crippen LogP contribution in [0.3, 0.4) is 0 Å². The molecule has 4 N–H and O–H groups in total. The summed E-state index contributed by atoms with van der Waals surface area (Å²) in [5.41, 5.74) is 12.1. The molecule has 132 valence electrons. The Kier molecular flexibility index (Phi) is 4.92. The van der Waals surface area contributed by atoms with Crippen LogP contribution in [0.15, 0.2) is 36.4 Å². The molecule has 0 aliphatic carbocycles. The van der Waals surface area contributed by atoms with Crippen molar-refractivity contribution in [2.24, 2.45) is 0 Å². The largest absolute Gasteiger partial charge is 0.494 e. The number of anilines is 3. The summed E-state index contributed by atoms with van der Waals surface area (Å²) in [6.07, 6.45) is 0.764. The molecule has 2 aromatic rings. The fraction of sp³-hybridized carbons (Fsp3) is 0.333. The van der Waals surface area contributed by atoms with Crippen molar-refractivity contribution in [3.8, 4) is 11.5 Å². The van der Waals surface area contributed by atoms with Gasteiger partial charge in [-0.1, -0.05) is 6.92 Å². The third kappa shape index (κ3) is 3.76. The number of pyridine rings is 1. The summed E-state index contributed by atoms with van der Waals surface area (Å²) in [6, 6.07) is 10.6. The summed E-state index contributed by atoms with van der Waals surface area (Å²) < 4.78 is 11.4. The Bertz CT molecular complexity index is 748. The molecule has 7 nitrogen and oxygen atoms in total. The summed E-state index contributed by atoms with van der Waals surface area (Å²) in [7, 11) is 0. The topological polar surface area (TPSA) is 104 Å². The molecule has 7 heteroatoms. The monoisotopic (exact) mass is 342 g/mol. The minimum Gasteiger partial charge on any atom is -0.494 e. The van der Waals surface area contributed by atoms with Crippen LogP contribution in [-0.2, 0) is 4.79 Å². The highest BCUT2D eigenvalue weighted by Gasteiger charge is 2.34. The molecule has 1 aliphatic heterocycles. The lowest BCUT2D eigenvalue weighted by atomic mass is 10.2. The van der Waals surface area contributed by atoms with E-state index in [4.69, 9.17) is 20.9 Å². The molecule has 2 heterocycles. The molecule has 1 aromatic heterocycles. The van der Waals surface area contributed by atoms with Crippen LogP contribution in [0.2, 0.25) is 0 Å². The first kappa shape index (κ1) is 16.9. The number of hydrogen-bond donors (Lipinski definition) is 2. The summed E-state index contributed by atoms with van der Waals surface area (Å²) in [6.45, 7) is 2.88. The van der Waals surface area contributed by atoms with Crippen LogP contribution in [0, 0.1) is 0 Å². The maximum Gasteiger partial charge on any atom is 0.269 e. The van der Waals surface area contributed by atoms with E-state index >= 15 is 0 Å². The highest BCUT2D eigenvalue weighted by molar-refractivity contribution is 5.99. The Hall–Kier alpha value is -2.96. The number of fused-ring (bicyclic) bond motifs is 1. The Balaban J connectivity index is 1.65. The van der Waals surface area contributed by atoms with Gasteiger partial charge in [-0.25, -0.2) is 4.98 Å². The van der Waals surface area contributed by atoms with Gasteiger partial charge in [-0.2, -0.15) is 0 Å². The number of nitrogens with two attached hydrogens (primary N) is 2. The maximum atomic E-state index is 12.6. The maximum absolute atomic E-state index is 12.6. The number of aromatic nitrogens is 1. The van der Waals surface area contributed by atoms with Gasteiger partial charge in [-0.05, 0) is 49.2 Å². The normalized spacial score (nSPS) is 16.3. The van der Waals surface area contributed by atoms with Gasteiger partial charge in [0.1, 0.15) is 11.6 Å². The van der Waals surface area contributed by atoms with E-state index in [1.165, 1.54) is 0 Å². The summed E-state index contributed by atoms with van der Waals surface area (Å²) in [5.74, 6) is 2.06. The Morgan fingerprint density at radius 3 is 2.68 bits per heavy atom. The number of ether oxygens (including phenoxy) is 2. The van der Waals surface area contributed by atoms with Gasteiger partial charge >= 0.3 is 0 Å². The van der Waals surface area contributed by atoms with Crippen LogP contribution in [0.5, 0.6) is 11.5 Å². The van der Waals surface area contributed by atoms with Crippen molar-refractivity contribution in [2.75, 3.05) is 29.5 Å². The number of rotatable bonds is 6. The predicted octanol–water partition coefficient (Wildman–Crippen LogP) is 2.22. The number of carbonyl (C=O) groups is 1. The molecular formula is C18H22N4O3. The lowest BCUT2D eigenvalue weighted by Gasteiger charge is -2.33. The lowest BCUT2D eigenvalue weighted by molar-refractivity contribution is -0.126. The predicted molar refractivity (Wildman–Crippen MR) is 96.7 cm³/mol. The Morgan fingerprint density at radius 1 is 1.20 bits per heavy atom. The van der Waals surface area contributed by atoms with E-state index in [0.717, 1.165) is 5.75 Å².